The summed E-state index contributed by atoms with van der Waals surface area (Å²) in [5, 5.41) is 2.74. The van der Waals surface area contributed by atoms with Crippen molar-refractivity contribution in [3.63, 3.8) is 0 Å². The van der Waals surface area contributed by atoms with Crippen molar-refractivity contribution in [2.75, 3.05) is 5.32 Å². The fraction of sp³-hybridized carbons (Fsp3) is 0.0714. The minimum Gasteiger partial charge on any atom is -0.322 e. The third-order valence-electron chi connectivity index (χ3n) is 2.61. The third-order valence-corrected chi connectivity index (χ3v) is 4.31. The normalized spacial score (nSPS) is 10.3. The van der Waals surface area contributed by atoms with Gasteiger partial charge < -0.3 is 5.32 Å². The quantitative estimate of drug-likeness (QED) is 0.780. The highest BCUT2D eigenvalue weighted by molar-refractivity contribution is 9.10. The molecule has 2 aromatic carbocycles. The largest absolute Gasteiger partial charge is 0.322 e. The summed E-state index contributed by atoms with van der Waals surface area (Å²) in [6.07, 6.45) is 0. The molecule has 0 fully saturated rings. The van der Waals surface area contributed by atoms with Gasteiger partial charge in [-0.2, -0.15) is 0 Å². The van der Waals surface area contributed by atoms with Crippen LogP contribution in [0.15, 0.2) is 45.3 Å². The van der Waals surface area contributed by atoms with E-state index in [4.69, 9.17) is 0 Å². The zero-order valence-corrected chi connectivity index (χ0v) is 13.2. The van der Waals surface area contributed by atoms with Crippen LogP contribution in [-0.2, 0) is 0 Å². The fourth-order valence-electron chi connectivity index (χ4n) is 1.60. The lowest BCUT2D eigenvalue weighted by molar-refractivity contribution is 0.102. The van der Waals surface area contributed by atoms with E-state index in [2.05, 4.69) is 37.2 Å². The van der Waals surface area contributed by atoms with Gasteiger partial charge in [-0.15, -0.1) is 0 Å². The van der Waals surface area contributed by atoms with Crippen molar-refractivity contribution in [1.29, 1.82) is 0 Å². The van der Waals surface area contributed by atoms with Gasteiger partial charge in [-0.05, 0) is 58.7 Å². The Morgan fingerprint density at radius 3 is 2.63 bits per heavy atom. The first-order chi connectivity index (χ1) is 8.99. The highest BCUT2D eigenvalue weighted by Gasteiger charge is 2.13. The molecule has 0 heterocycles. The Hall–Kier alpha value is -1.20. The Labute approximate surface area is 127 Å². The smallest absolute Gasteiger partial charge is 0.256 e. The highest BCUT2D eigenvalue weighted by atomic mass is 79.9. The van der Waals surface area contributed by atoms with E-state index in [1.807, 2.05) is 19.1 Å². The number of anilines is 1. The molecular weight excluding hydrogens is 377 g/mol. The van der Waals surface area contributed by atoms with Gasteiger partial charge in [0.25, 0.3) is 5.91 Å². The number of halogens is 3. The monoisotopic (exact) mass is 385 g/mol. The van der Waals surface area contributed by atoms with Gasteiger partial charge in [0, 0.05) is 10.2 Å². The number of nitrogens with one attached hydrogen (secondary N) is 1. The van der Waals surface area contributed by atoms with Crippen molar-refractivity contribution in [3.05, 3.63) is 62.3 Å². The van der Waals surface area contributed by atoms with Gasteiger partial charge in [0.15, 0.2) is 0 Å². The molecule has 0 radical (unpaired) electrons. The van der Waals surface area contributed by atoms with E-state index >= 15 is 0 Å². The number of rotatable bonds is 2. The number of hydrogen-bond donors (Lipinski definition) is 1. The van der Waals surface area contributed by atoms with Gasteiger partial charge in [-0.3, -0.25) is 4.79 Å². The average Bonchev–Trinajstić information content (AvgIpc) is 2.37. The number of benzene rings is 2. The van der Waals surface area contributed by atoms with Crippen LogP contribution in [0.4, 0.5) is 10.1 Å². The molecule has 0 saturated carbocycles. The maximum absolute atomic E-state index is 13.4. The van der Waals surface area contributed by atoms with Gasteiger partial charge in [-0.1, -0.05) is 22.0 Å². The molecule has 0 bridgehead atoms. The Morgan fingerprint density at radius 2 is 1.95 bits per heavy atom. The molecule has 5 heteroatoms. The van der Waals surface area contributed by atoms with E-state index in [-0.39, 0.29) is 15.9 Å². The van der Waals surface area contributed by atoms with E-state index in [9.17, 15) is 9.18 Å². The second-order valence-electron chi connectivity index (χ2n) is 4.02. The van der Waals surface area contributed by atoms with Crippen molar-refractivity contribution in [2.24, 2.45) is 0 Å². The lowest BCUT2D eigenvalue weighted by Gasteiger charge is -2.08. The van der Waals surface area contributed by atoms with E-state index in [0.29, 0.717) is 5.69 Å². The molecule has 19 heavy (non-hydrogen) atoms. The van der Waals surface area contributed by atoms with Crippen LogP contribution in [0.5, 0.6) is 0 Å². The summed E-state index contributed by atoms with van der Waals surface area (Å²) in [5.74, 6) is -0.812. The zero-order valence-electron chi connectivity index (χ0n) is 10.0. The SMILES string of the molecule is Cc1cc(NC(=O)c2cccc(F)c2Br)ccc1Br. The Balaban J connectivity index is 2.26. The van der Waals surface area contributed by atoms with Gasteiger partial charge in [0.1, 0.15) is 5.82 Å². The molecule has 0 aliphatic rings. The molecule has 0 aromatic heterocycles. The molecule has 98 valence electrons. The summed E-state index contributed by atoms with van der Waals surface area (Å²) < 4.78 is 14.5. The first kappa shape index (κ1) is 14.2. The first-order valence-corrected chi connectivity index (χ1v) is 7.09. The molecule has 1 amide bonds. The van der Waals surface area contributed by atoms with Gasteiger partial charge in [-0.25, -0.2) is 4.39 Å². The van der Waals surface area contributed by atoms with Crippen molar-refractivity contribution >= 4 is 43.5 Å². The van der Waals surface area contributed by atoms with Crippen LogP contribution in [0.2, 0.25) is 0 Å². The van der Waals surface area contributed by atoms with Gasteiger partial charge in [0.2, 0.25) is 0 Å². The maximum atomic E-state index is 13.4. The molecule has 0 aliphatic carbocycles. The number of aryl methyl sites for hydroxylation is 1. The van der Waals surface area contributed by atoms with E-state index in [1.165, 1.54) is 12.1 Å². The number of hydrogen-bond acceptors (Lipinski definition) is 1. The molecular formula is C14H10Br2FNO. The number of carbonyl (C=O) groups is 1. The average molecular weight is 387 g/mol. The number of carbonyl (C=O) groups excluding carboxylic acids is 1. The van der Waals surface area contributed by atoms with Crippen LogP contribution in [0.3, 0.4) is 0 Å². The summed E-state index contributed by atoms with van der Waals surface area (Å²) in [5.41, 5.74) is 1.94. The molecule has 0 atom stereocenters. The molecule has 1 N–H and O–H groups in total. The van der Waals surface area contributed by atoms with Crippen LogP contribution >= 0.6 is 31.9 Å². The van der Waals surface area contributed by atoms with Crippen LogP contribution in [0, 0.1) is 12.7 Å². The van der Waals surface area contributed by atoms with Gasteiger partial charge >= 0.3 is 0 Å². The Morgan fingerprint density at radius 1 is 1.21 bits per heavy atom. The molecule has 0 saturated heterocycles. The topological polar surface area (TPSA) is 29.1 Å². The van der Waals surface area contributed by atoms with Crippen LogP contribution in [0.25, 0.3) is 0 Å². The molecule has 0 unspecified atom stereocenters. The van der Waals surface area contributed by atoms with Crippen LogP contribution in [0.1, 0.15) is 15.9 Å². The number of amides is 1. The Bertz CT molecular complexity index is 643. The molecule has 0 aliphatic heterocycles. The van der Waals surface area contributed by atoms with Crippen molar-refractivity contribution in [1.82, 2.24) is 0 Å². The molecule has 2 nitrogen and oxygen atoms in total. The standard InChI is InChI=1S/C14H10Br2FNO/c1-8-7-9(5-6-11(8)15)18-14(19)10-3-2-4-12(17)13(10)16/h2-7H,1H3,(H,18,19). The minimum atomic E-state index is -0.459. The van der Waals surface area contributed by atoms with E-state index < -0.39 is 5.82 Å². The summed E-state index contributed by atoms with van der Waals surface area (Å²) >= 11 is 6.47. The fourth-order valence-corrected chi connectivity index (χ4v) is 2.29. The lowest BCUT2D eigenvalue weighted by atomic mass is 10.2. The summed E-state index contributed by atoms with van der Waals surface area (Å²) in [6, 6.07) is 9.84. The third kappa shape index (κ3) is 3.22. The summed E-state index contributed by atoms with van der Waals surface area (Å²) in [7, 11) is 0. The second kappa shape index (κ2) is 5.84. The minimum absolute atomic E-state index is 0.168. The second-order valence-corrected chi connectivity index (χ2v) is 5.67. The van der Waals surface area contributed by atoms with Gasteiger partial charge in [0.05, 0.1) is 10.0 Å². The van der Waals surface area contributed by atoms with Crippen molar-refractivity contribution in [2.45, 2.75) is 6.92 Å². The predicted octanol–water partition coefficient (Wildman–Crippen LogP) is 4.91. The lowest BCUT2D eigenvalue weighted by Crippen LogP contribution is -2.13. The molecule has 2 aromatic rings. The zero-order chi connectivity index (χ0) is 14.0. The molecule has 0 spiro atoms. The first-order valence-electron chi connectivity index (χ1n) is 5.50. The van der Waals surface area contributed by atoms with E-state index in [1.54, 1.807) is 12.1 Å². The van der Waals surface area contributed by atoms with Crippen LogP contribution < -0.4 is 5.32 Å². The summed E-state index contributed by atoms with van der Waals surface area (Å²) in [6.45, 7) is 1.93. The van der Waals surface area contributed by atoms with E-state index in [0.717, 1.165) is 10.0 Å². The maximum Gasteiger partial charge on any atom is 0.256 e. The highest BCUT2D eigenvalue weighted by Crippen LogP contribution is 2.23. The van der Waals surface area contributed by atoms with Crippen molar-refractivity contribution < 1.29 is 9.18 Å². The predicted molar refractivity (Wildman–Crippen MR) is 80.9 cm³/mol. The summed E-state index contributed by atoms with van der Waals surface area (Å²) in [4.78, 5) is 12.1. The molecule has 2 rings (SSSR count). The van der Waals surface area contributed by atoms with Crippen LogP contribution in [-0.4, -0.2) is 5.91 Å². The Kier molecular flexibility index (Phi) is 4.37. The van der Waals surface area contributed by atoms with Crippen molar-refractivity contribution in [3.8, 4) is 0 Å².